The van der Waals surface area contributed by atoms with Crippen LogP contribution in [-0.2, 0) is 0 Å². The summed E-state index contributed by atoms with van der Waals surface area (Å²) in [6.45, 7) is 2.78. The van der Waals surface area contributed by atoms with Gasteiger partial charge in [-0.15, -0.1) is 11.3 Å². The Hall–Kier alpha value is -0.870. The molecular formula is C13H14BrNOS. The summed E-state index contributed by atoms with van der Waals surface area (Å²) in [5.74, 6) is 0.0237. The van der Waals surface area contributed by atoms with E-state index in [9.17, 15) is 4.79 Å². The van der Waals surface area contributed by atoms with Gasteiger partial charge in [-0.05, 0) is 12.5 Å². The Balaban J connectivity index is 2.09. The van der Waals surface area contributed by atoms with Gasteiger partial charge in [0.2, 0.25) is 0 Å². The summed E-state index contributed by atoms with van der Waals surface area (Å²) in [5.41, 5.74) is 0.785. The van der Waals surface area contributed by atoms with Crippen molar-refractivity contribution in [2.24, 2.45) is 0 Å². The van der Waals surface area contributed by atoms with Gasteiger partial charge in [0.1, 0.15) is 0 Å². The maximum atomic E-state index is 12.0. The topological polar surface area (TPSA) is 29.1 Å². The number of amides is 1. The molecule has 2 rings (SSSR count). The molecule has 2 aromatic rings. The number of alkyl halides is 1. The van der Waals surface area contributed by atoms with E-state index in [0.29, 0.717) is 11.4 Å². The Morgan fingerprint density at radius 2 is 2.24 bits per heavy atom. The molecule has 1 unspecified atom stereocenters. The number of benzene rings is 1. The lowest BCUT2D eigenvalue weighted by molar-refractivity contribution is 0.0955. The predicted molar refractivity (Wildman–Crippen MR) is 77.2 cm³/mol. The summed E-state index contributed by atoms with van der Waals surface area (Å²) in [6, 6.07) is 7.99. The van der Waals surface area contributed by atoms with E-state index in [4.69, 9.17) is 0 Å². The molecule has 1 atom stereocenters. The lowest BCUT2D eigenvalue weighted by atomic mass is 10.1. The van der Waals surface area contributed by atoms with E-state index in [2.05, 4.69) is 28.2 Å². The predicted octanol–water partition coefficient (Wildman–Crippen LogP) is 3.80. The SMILES string of the molecule is CC(Br)CCNC(=O)c1csc2ccccc12. The van der Waals surface area contributed by atoms with Crippen LogP contribution in [0.1, 0.15) is 23.7 Å². The highest BCUT2D eigenvalue weighted by Gasteiger charge is 2.11. The fourth-order valence-corrected chi connectivity index (χ4v) is 2.80. The van der Waals surface area contributed by atoms with E-state index in [1.54, 1.807) is 11.3 Å². The lowest BCUT2D eigenvalue weighted by Crippen LogP contribution is -2.25. The van der Waals surface area contributed by atoms with Crippen LogP contribution in [0, 0.1) is 0 Å². The highest BCUT2D eigenvalue weighted by atomic mass is 79.9. The van der Waals surface area contributed by atoms with E-state index in [-0.39, 0.29) is 5.91 Å². The van der Waals surface area contributed by atoms with E-state index in [1.807, 2.05) is 29.6 Å². The van der Waals surface area contributed by atoms with Crippen molar-refractivity contribution in [1.29, 1.82) is 0 Å². The summed E-state index contributed by atoms with van der Waals surface area (Å²) < 4.78 is 1.16. The largest absolute Gasteiger partial charge is 0.352 e. The zero-order valence-corrected chi connectivity index (χ0v) is 12.0. The average Bonchev–Trinajstić information content (AvgIpc) is 2.72. The monoisotopic (exact) mass is 311 g/mol. The smallest absolute Gasteiger partial charge is 0.252 e. The zero-order valence-electron chi connectivity index (χ0n) is 9.57. The fourth-order valence-electron chi connectivity index (χ4n) is 1.63. The number of hydrogen-bond donors (Lipinski definition) is 1. The van der Waals surface area contributed by atoms with Gasteiger partial charge in [0.25, 0.3) is 5.91 Å². The minimum absolute atomic E-state index is 0.0237. The highest BCUT2D eigenvalue weighted by Crippen LogP contribution is 2.25. The quantitative estimate of drug-likeness (QED) is 0.855. The van der Waals surface area contributed by atoms with Crippen molar-refractivity contribution < 1.29 is 4.79 Å². The van der Waals surface area contributed by atoms with E-state index in [0.717, 1.165) is 22.1 Å². The summed E-state index contributed by atoms with van der Waals surface area (Å²) in [5, 5.41) is 5.92. The molecule has 1 aromatic carbocycles. The Morgan fingerprint density at radius 1 is 1.47 bits per heavy atom. The minimum Gasteiger partial charge on any atom is -0.352 e. The Labute approximate surface area is 113 Å². The van der Waals surface area contributed by atoms with Gasteiger partial charge in [0.15, 0.2) is 0 Å². The maximum Gasteiger partial charge on any atom is 0.252 e. The third kappa shape index (κ3) is 3.07. The number of carbonyl (C=O) groups excluding carboxylic acids is 1. The van der Waals surface area contributed by atoms with Crippen molar-refractivity contribution in [3.63, 3.8) is 0 Å². The molecule has 4 heteroatoms. The molecule has 1 aromatic heterocycles. The van der Waals surface area contributed by atoms with Crippen LogP contribution in [0.5, 0.6) is 0 Å². The van der Waals surface area contributed by atoms with Crippen LogP contribution in [0.25, 0.3) is 10.1 Å². The van der Waals surface area contributed by atoms with Crippen LogP contribution in [0.4, 0.5) is 0 Å². The van der Waals surface area contributed by atoms with E-state index in [1.165, 1.54) is 0 Å². The second kappa shape index (κ2) is 5.65. The molecule has 0 spiro atoms. The number of nitrogens with one attached hydrogen (secondary N) is 1. The normalized spacial score (nSPS) is 12.6. The molecule has 0 aliphatic carbocycles. The first-order valence-corrected chi connectivity index (χ1v) is 7.36. The van der Waals surface area contributed by atoms with Crippen LogP contribution >= 0.6 is 27.3 Å². The zero-order chi connectivity index (χ0) is 12.3. The molecule has 0 fully saturated rings. The number of rotatable bonds is 4. The number of carbonyl (C=O) groups is 1. The Bertz CT molecular complexity index is 521. The molecule has 0 saturated heterocycles. The lowest BCUT2D eigenvalue weighted by Gasteiger charge is -2.05. The summed E-state index contributed by atoms with van der Waals surface area (Å²) >= 11 is 5.08. The number of hydrogen-bond acceptors (Lipinski definition) is 2. The van der Waals surface area contributed by atoms with Crippen LogP contribution in [-0.4, -0.2) is 17.3 Å². The van der Waals surface area contributed by atoms with Crippen molar-refractivity contribution in [3.8, 4) is 0 Å². The molecule has 2 nitrogen and oxygen atoms in total. The first-order valence-electron chi connectivity index (χ1n) is 5.57. The summed E-state index contributed by atoms with van der Waals surface area (Å²) in [6.07, 6.45) is 0.938. The minimum atomic E-state index is 0.0237. The number of halogens is 1. The molecule has 0 saturated carbocycles. The Morgan fingerprint density at radius 3 is 3.00 bits per heavy atom. The number of fused-ring (bicyclic) bond motifs is 1. The summed E-state index contributed by atoms with van der Waals surface area (Å²) in [4.78, 5) is 12.4. The van der Waals surface area contributed by atoms with Gasteiger partial charge in [0.05, 0.1) is 5.56 Å². The molecule has 1 N–H and O–H groups in total. The van der Waals surface area contributed by atoms with Crippen LogP contribution in [0.15, 0.2) is 29.6 Å². The summed E-state index contributed by atoms with van der Waals surface area (Å²) in [7, 11) is 0. The molecule has 1 amide bonds. The van der Waals surface area contributed by atoms with Crippen LogP contribution < -0.4 is 5.32 Å². The van der Waals surface area contributed by atoms with Crippen molar-refractivity contribution in [2.45, 2.75) is 18.2 Å². The molecular weight excluding hydrogens is 298 g/mol. The molecule has 0 aliphatic heterocycles. The van der Waals surface area contributed by atoms with Crippen LogP contribution in [0.2, 0.25) is 0 Å². The average molecular weight is 312 g/mol. The second-order valence-corrected chi connectivity index (χ2v) is 6.45. The van der Waals surface area contributed by atoms with Crippen molar-refractivity contribution >= 4 is 43.3 Å². The molecule has 1 heterocycles. The van der Waals surface area contributed by atoms with Gasteiger partial charge >= 0.3 is 0 Å². The molecule has 0 aliphatic rings. The molecule has 90 valence electrons. The van der Waals surface area contributed by atoms with Gasteiger partial charge in [0, 0.05) is 26.8 Å². The van der Waals surface area contributed by atoms with E-state index >= 15 is 0 Å². The second-order valence-electron chi connectivity index (χ2n) is 3.97. The molecule has 17 heavy (non-hydrogen) atoms. The van der Waals surface area contributed by atoms with Gasteiger partial charge < -0.3 is 5.32 Å². The van der Waals surface area contributed by atoms with Crippen molar-refractivity contribution in [3.05, 3.63) is 35.2 Å². The third-order valence-corrected chi connectivity index (χ3v) is 3.97. The standard InChI is InChI=1S/C13H14BrNOS/c1-9(14)6-7-15-13(16)11-8-17-12-5-3-2-4-10(11)12/h2-5,8-9H,6-7H2,1H3,(H,15,16). The van der Waals surface area contributed by atoms with Crippen molar-refractivity contribution in [2.75, 3.05) is 6.54 Å². The fraction of sp³-hybridized carbons (Fsp3) is 0.308. The van der Waals surface area contributed by atoms with Crippen LogP contribution in [0.3, 0.4) is 0 Å². The first-order chi connectivity index (χ1) is 8.18. The highest BCUT2D eigenvalue weighted by molar-refractivity contribution is 9.09. The molecule has 0 bridgehead atoms. The Kier molecular flexibility index (Phi) is 4.18. The van der Waals surface area contributed by atoms with Gasteiger partial charge in [-0.3, -0.25) is 4.79 Å². The third-order valence-electron chi connectivity index (χ3n) is 2.55. The maximum absolute atomic E-state index is 12.0. The van der Waals surface area contributed by atoms with Gasteiger partial charge in [-0.1, -0.05) is 41.1 Å². The number of thiophene rings is 1. The molecule has 0 radical (unpaired) electrons. The van der Waals surface area contributed by atoms with Crippen molar-refractivity contribution in [1.82, 2.24) is 5.32 Å². The van der Waals surface area contributed by atoms with Gasteiger partial charge in [-0.2, -0.15) is 0 Å². The van der Waals surface area contributed by atoms with E-state index < -0.39 is 0 Å². The van der Waals surface area contributed by atoms with Gasteiger partial charge in [-0.25, -0.2) is 0 Å². The first kappa shape index (κ1) is 12.6.